The fourth-order valence-corrected chi connectivity index (χ4v) is 0.504. The van der Waals surface area contributed by atoms with Gasteiger partial charge < -0.3 is 5.32 Å². The summed E-state index contributed by atoms with van der Waals surface area (Å²) in [5.41, 5.74) is -0.732. The Kier molecular flexibility index (Phi) is 1.55. The summed E-state index contributed by atoms with van der Waals surface area (Å²) < 4.78 is 0. The molecule has 1 heterocycles. The van der Waals surface area contributed by atoms with Gasteiger partial charge in [0.1, 0.15) is 0 Å². The van der Waals surface area contributed by atoms with Gasteiger partial charge in [-0.3, -0.25) is 14.9 Å². The second-order valence-electron chi connectivity index (χ2n) is 1.65. The fraction of sp³-hybridized carbons (Fsp3) is 0. The molecule has 0 aromatic carbocycles. The lowest BCUT2D eigenvalue weighted by atomic mass is 10.4. The van der Waals surface area contributed by atoms with Gasteiger partial charge in [-0.2, -0.15) is 0 Å². The molecular formula is C4H2N3O4. The number of nitrogens with zero attached hydrogens (tertiary/aromatic N) is 2. The Morgan fingerprint density at radius 3 is 2.64 bits per heavy atom. The Balaban J connectivity index is 2.89. The monoisotopic (exact) mass is 156 g/mol. The molecule has 0 unspecified atom stereocenters. The first-order chi connectivity index (χ1) is 5.11. The lowest BCUT2D eigenvalue weighted by Crippen LogP contribution is -2.39. The molecule has 1 radical (unpaired) electrons. The summed E-state index contributed by atoms with van der Waals surface area (Å²) >= 11 is 0. The summed E-state index contributed by atoms with van der Waals surface area (Å²) in [4.78, 5) is 29.8. The van der Waals surface area contributed by atoms with E-state index in [1.807, 2.05) is 5.32 Å². The van der Waals surface area contributed by atoms with E-state index >= 15 is 0 Å². The third-order valence-corrected chi connectivity index (χ3v) is 0.951. The van der Waals surface area contributed by atoms with E-state index in [1.165, 1.54) is 0 Å². The van der Waals surface area contributed by atoms with Crippen molar-refractivity contribution in [3.05, 3.63) is 22.0 Å². The maximum absolute atomic E-state index is 10.5. The molecular weight excluding hydrogens is 154 g/mol. The van der Waals surface area contributed by atoms with Gasteiger partial charge in [-0.25, -0.2) is 4.79 Å². The zero-order valence-electron chi connectivity index (χ0n) is 5.10. The predicted molar refractivity (Wildman–Crippen MR) is 30.8 cm³/mol. The maximum atomic E-state index is 10.5. The van der Waals surface area contributed by atoms with Crippen molar-refractivity contribution in [2.24, 2.45) is 0 Å². The molecule has 1 N–H and O–H groups in total. The van der Waals surface area contributed by atoms with E-state index in [-0.39, 0.29) is 0 Å². The first-order valence-electron chi connectivity index (χ1n) is 2.52. The summed E-state index contributed by atoms with van der Waals surface area (Å²) in [6, 6.07) is -0.888. The molecule has 1 aliphatic rings. The van der Waals surface area contributed by atoms with Crippen molar-refractivity contribution in [2.45, 2.75) is 0 Å². The van der Waals surface area contributed by atoms with Gasteiger partial charge >= 0.3 is 17.6 Å². The molecule has 0 fully saturated rings. The highest BCUT2D eigenvalue weighted by molar-refractivity contribution is 6.04. The van der Waals surface area contributed by atoms with Crippen molar-refractivity contribution >= 4 is 11.9 Å². The van der Waals surface area contributed by atoms with Crippen LogP contribution in [0.25, 0.3) is 0 Å². The first-order valence-corrected chi connectivity index (χ1v) is 2.52. The second kappa shape index (κ2) is 2.37. The average molecular weight is 156 g/mol. The van der Waals surface area contributed by atoms with Crippen molar-refractivity contribution < 1.29 is 14.5 Å². The molecule has 1 rings (SSSR count). The summed E-state index contributed by atoms with van der Waals surface area (Å²) in [5.74, 6) is -1.13. The van der Waals surface area contributed by atoms with Gasteiger partial charge in [0.05, 0.1) is 11.1 Å². The van der Waals surface area contributed by atoms with Crippen LogP contribution in [0.15, 0.2) is 11.9 Å². The van der Waals surface area contributed by atoms with Gasteiger partial charge in [0.2, 0.25) is 0 Å². The Hall–Kier alpha value is -1.92. The fourth-order valence-electron chi connectivity index (χ4n) is 0.504. The minimum atomic E-state index is -1.13. The molecule has 57 valence electrons. The van der Waals surface area contributed by atoms with Crippen LogP contribution < -0.4 is 10.6 Å². The molecule has 11 heavy (non-hydrogen) atoms. The molecule has 7 heteroatoms. The minimum absolute atomic E-state index is 0.720. The summed E-state index contributed by atoms with van der Waals surface area (Å²) in [5, 5.41) is 14.7. The van der Waals surface area contributed by atoms with Gasteiger partial charge in [0, 0.05) is 0 Å². The van der Waals surface area contributed by atoms with Crippen LogP contribution in [-0.4, -0.2) is 16.9 Å². The SMILES string of the molecule is O=C1[N]C(=O)C([N+](=O)[O-])=CN1. The number of imide groups is 1. The standard InChI is InChI=1S/C4H2N3O4/c8-3-2(7(10)11)1-5-4(9)6-3/h1H,(H,5,9). The van der Waals surface area contributed by atoms with Crippen LogP contribution in [0.5, 0.6) is 0 Å². The number of amides is 3. The number of hydrogen-bond acceptors (Lipinski definition) is 4. The van der Waals surface area contributed by atoms with E-state index in [4.69, 9.17) is 0 Å². The van der Waals surface area contributed by atoms with Gasteiger partial charge in [0.15, 0.2) is 0 Å². The molecule has 0 aliphatic carbocycles. The number of carbonyl (C=O) groups is 2. The zero-order valence-corrected chi connectivity index (χ0v) is 5.10. The van der Waals surface area contributed by atoms with Crippen molar-refractivity contribution in [1.29, 1.82) is 0 Å². The molecule has 0 saturated carbocycles. The Morgan fingerprint density at radius 1 is 1.55 bits per heavy atom. The highest BCUT2D eigenvalue weighted by atomic mass is 16.6. The Labute approximate surface area is 60.2 Å². The molecule has 0 aromatic rings. The molecule has 0 bridgehead atoms. The van der Waals surface area contributed by atoms with Crippen LogP contribution in [-0.2, 0) is 4.79 Å². The van der Waals surface area contributed by atoms with E-state index < -0.39 is 22.6 Å². The predicted octanol–water partition coefficient (Wildman–Crippen LogP) is -1.04. The van der Waals surface area contributed by atoms with Gasteiger partial charge in [0.25, 0.3) is 0 Å². The lowest BCUT2D eigenvalue weighted by molar-refractivity contribution is -0.419. The van der Waals surface area contributed by atoms with Crippen molar-refractivity contribution in [2.75, 3.05) is 0 Å². The van der Waals surface area contributed by atoms with Gasteiger partial charge in [-0.1, -0.05) is 0 Å². The molecule has 0 spiro atoms. The largest absolute Gasteiger partial charge is 0.354 e. The van der Waals surface area contributed by atoms with Gasteiger partial charge in [-0.05, 0) is 0 Å². The Morgan fingerprint density at radius 2 is 2.18 bits per heavy atom. The minimum Gasteiger partial charge on any atom is -0.306 e. The smallest absolute Gasteiger partial charge is 0.306 e. The molecule has 3 amide bonds. The van der Waals surface area contributed by atoms with Crippen molar-refractivity contribution in [3.8, 4) is 0 Å². The molecule has 0 atom stereocenters. The first kappa shape index (κ1) is 7.19. The number of nitro groups is 1. The number of urea groups is 1. The van der Waals surface area contributed by atoms with Crippen molar-refractivity contribution in [1.82, 2.24) is 10.6 Å². The average Bonchev–Trinajstić information content (AvgIpc) is 1.85. The summed E-state index contributed by atoms with van der Waals surface area (Å²) in [6.45, 7) is 0. The topological polar surface area (TPSA) is 103 Å². The number of rotatable bonds is 1. The normalized spacial score (nSPS) is 16.5. The Bertz CT molecular complexity index is 269. The van der Waals surface area contributed by atoms with E-state index in [1.54, 1.807) is 0 Å². The lowest BCUT2D eigenvalue weighted by Gasteiger charge is -2.03. The van der Waals surface area contributed by atoms with Crippen molar-refractivity contribution in [3.63, 3.8) is 0 Å². The van der Waals surface area contributed by atoms with Crippen LogP contribution in [0, 0.1) is 10.1 Å². The highest BCUT2D eigenvalue weighted by Crippen LogP contribution is 1.98. The van der Waals surface area contributed by atoms with E-state index in [0.29, 0.717) is 0 Å². The van der Waals surface area contributed by atoms with Crippen LogP contribution >= 0.6 is 0 Å². The van der Waals surface area contributed by atoms with Crippen LogP contribution in [0.4, 0.5) is 4.79 Å². The second-order valence-corrected chi connectivity index (χ2v) is 1.65. The van der Waals surface area contributed by atoms with Crippen LogP contribution in [0.1, 0.15) is 0 Å². The number of carbonyl (C=O) groups excluding carboxylic acids is 2. The maximum Gasteiger partial charge on any atom is 0.354 e. The van der Waals surface area contributed by atoms with Gasteiger partial charge in [-0.15, -0.1) is 5.32 Å². The van der Waals surface area contributed by atoms with Crippen LogP contribution in [0.3, 0.4) is 0 Å². The zero-order chi connectivity index (χ0) is 8.43. The summed E-state index contributed by atoms with van der Waals surface area (Å²) in [6.07, 6.45) is 0.720. The summed E-state index contributed by atoms with van der Waals surface area (Å²) in [7, 11) is 0. The molecule has 0 aromatic heterocycles. The van der Waals surface area contributed by atoms with E-state index in [9.17, 15) is 19.7 Å². The third-order valence-electron chi connectivity index (χ3n) is 0.951. The molecule has 1 aliphatic heterocycles. The van der Waals surface area contributed by atoms with E-state index in [0.717, 1.165) is 6.20 Å². The highest BCUT2D eigenvalue weighted by Gasteiger charge is 2.29. The quantitative estimate of drug-likeness (QED) is 0.386. The number of hydrogen-bond donors (Lipinski definition) is 1. The third kappa shape index (κ3) is 1.31. The number of nitrogens with one attached hydrogen (secondary N) is 1. The van der Waals surface area contributed by atoms with E-state index in [2.05, 4.69) is 5.32 Å². The molecule has 0 saturated heterocycles. The van der Waals surface area contributed by atoms with Crippen LogP contribution in [0.2, 0.25) is 0 Å². The molecule has 7 nitrogen and oxygen atoms in total.